The summed E-state index contributed by atoms with van der Waals surface area (Å²) in [5.41, 5.74) is 3.93. The first-order valence-corrected chi connectivity index (χ1v) is 8.59. The van der Waals surface area contributed by atoms with Crippen LogP contribution < -0.4 is 4.90 Å². The molecular formula is C20H21NO3. The Morgan fingerprint density at radius 2 is 1.88 bits per heavy atom. The van der Waals surface area contributed by atoms with Crippen LogP contribution in [0.1, 0.15) is 37.3 Å². The van der Waals surface area contributed by atoms with E-state index in [0.717, 1.165) is 48.1 Å². The summed E-state index contributed by atoms with van der Waals surface area (Å²) < 4.78 is 0. The molecule has 4 heteroatoms. The summed E-state index contributed by atoms with van der Waals surface area (Å²) in [7, 11) is 0. The highest BCUT2D eigenvalue weighted by atomic mass is 16.3. The van der Waals surface area contributed by atoms with Crippen LogP contribution in [0.4, 0.5) is 5.69 Å². The first-order valence-electron chi connectivity index (χ1n) is 8.59. The van der Waals surface area contributed by atoms with Crippen molar-refractivity contribution in [3.8, 4) is 22.6 Å². The van der Waals surface area contributed by atoms with Crippen LogP contribution in [0.25, 0.3) is 11.1 Å². The van der Waals surface area contributed by atoms with Crippen LogP contribution in [0.15, 0.2) is 30.3 Å². The van der Waals surface area contributed by atoms with Gasteiger partial charge in [-0.1, -0.05) is 25.5 Å². The molecule has 2 N–H and O–H groups in total. The van der Waals surface area contributed by atoms with Gasteiger partial charge in [-0.3, -0.25) is 4.79 Å². The van der Waals surface area contributed by atoms with E-state index in [1.807, 2.05) is 23.1 Å². The second-order valence-corrected chi connectivity index (χ2v) is 6.73. The average Bonchev–Trinajstić information content (AvgIpc) is 3.29. The molecule has 124 valence electrons. The maximum Gasteiger partial charge on any atom is 0.231 e. The molecule has 2 aromatic rings. The molecule has 1 aliphatic heterocycles. The number of phenols is 2. The monoisotopic (exact) mass is 323 g/mol. The number of aromatic hydroxyl groups is 2. The zero-order chi connectivity index (χ0) is 16.8. The molecule has 2 aromatic carbocycles. The molecule has 1 amide bonds. The molecule has 2 aliphatic rings. The topological polar surface area (TPSA) is 60.8 Å². The number of hydrogen-bond donors (Lipinski definition) is 2. The predicted molar refractivity (Wildman–Crippen MR) is 93.4 cm³/mol. The third kappa shape index (κ3) is 2.33. The second-order valence-electron chi connectivity index (χ2n) is 6.73. The number of carbonyl (C=O) groups excluding carboxylic acids is 1. The molecule has 4 nitrogen and oxygen atoms in total. The highest BCUT2D eigenvalue weighted by Crippen LogP contribution is 2.46. The molecule has 0 unspecified atom stereocenters. The highest BCUT2D eigenvalue weighted by molar-refractivity contribution is 6.05. The van der Waals surface area contributed by atoms with Gasteiger partial charge in [0.05, 0.1) is 12.0 Å². The Hall–Kier alpha value is -2.49. The van der Waals surface area contributed by atoms with Gasteiger partial charge in [0.2, 0.25) is 5.91 Å². The molecule has 0 aromatic heterocycles. The summed E-state index contributed by atoms with van der Waals surface area (Å²) in [5.74, 6) is 0.259. The number of aryl methyl sites for hydroxylation is 1. The average molecular weight is 323 g/mol. The third-order valence-corrected chi connectivity index (χ3v) is 4.88. The van der Waals surface area contributed by atoms with Crippen molar-refractivity contribution in [1.29, 1.82) is 0 Å². The Balaban J connectivity index is 1.83. The molecule has 0 bridgehead atoms. The Bertz CT molecular complexity index is 801. The summed E-state index contributed by atoms with van der Waals surface area (Å²) in [6, 6.07) is 9.48. The fourth-order valence-corrected chi connectivity index (χ4v) is 3.70. The Labute approximate surface area is 141 Å². The van der Waals surface area contributed by atoms with E-state index < -0.39 is 0 Å². The number of hydrogen-bond acceptors (Lipinski definition) is 3. The van der Waals surface area contributed by atoms with E-state index >= 15 is 0 Å². The molecule has 0 saturated heterocycles. The molecule has 24 heavy (non-hydrogen) atoms. The zero-order valence-electron chi connectivity index (χ0n) is 13.7. The van der Waals surface area contributed by atoms with Gasteiger partial charge >= 0.3 is 0 Å². The van der Waals surface area contributed by atoms with Crippen molar-refractivity contribution in [3.63, 3.8) is 0 Å². The van der Waals surface area contributed by atoms with Crippen molar-refractivity contribution in [2.45, 2.75) is 45.1 Å². The van der Waals surface area contributed by atoms with Gasteiger partial charge in [0, 0.05) is 11.7 Å². The summed E-state index contributed by atoms with van der Waals surface area (Å²) in [6.07, 6.45) is 4.19. The van der Waals surface area contributed by atoms with Gasteiger partial charge in [-0.05, 0) is 54.2 Å². The quantitative estimate of drug-likeness (QED) is 0.900. The smallest absolute Gasteiger partial charge is 0.231 e. The molecule has 0 spiro atoms. The second kappa shape index (κ2) is 5.55. The van der Waals surface area contributed by atoms with Crippen LogP contribution in [-0.4, -0.2) is 22.2 Å². The van der Waals surface area contributed by atoms with Gasteiger partial charge in [-0.15, -0.1) is 0 Å². The molecule has 1 heterocycles. The lowest BCUT2D eigenvalue weighted by Crippen LogP contribution is -2.28. The van der Waals surface area contributed by atoms with Crippen molar-refractivity contribution in [2.24, 2.45) is 0 Å². The van der Waals surface area contributed by atoms with E-state index in [1.54, 1.807) is 12.1 Å². The standard InChI is InChI=1S/C20H21NO3/c1-2-4-12-9-17(22)20(18(23)10-12)14-5-3-6-16-15(14)11-19(24)21(16)13-7-8-13/h3,5-6,9-10,13,22-23H,2,4,7-8,11H2,1H3. The van der Waals surface area contributed by atoms with Crippen molar-refractivity contribution in [3.05, 3.63) is 41.5 Å². The van der Waals surface area contributed by atoms with E-state index in [9.17, 15) is 15.0 Å². The minimum Gasteiger partial charge on any atom is -0.507 e. The number of amides is 1. The predicted octanol–water partition coefficient (Wildman–Crippen LogP) is 3.77. The van der Waals surface area contributed by atoms with Gasteiger partial charge in [0.1, 0.15) is 11.5 Å². The van der Waals surface area contributed by atoms with Gasteiger partial charge < -0.3 is 15.1 Å². The number of carbonyl (C=O) groups is 1. The zero-order valence-corrected chi connectivity index (χ0v) is 13.7. The van der Waals surface area contributed by atoms with Gasteiger partial charge in [-0.2, -0.15) is 0 Å². The number of fused-ring (bicyclic) bond motifs is 1. The fraction of sp³-hybridized carbons (Fsp3) is 0.350. The summed E-state index contributed by atoms with van der Waals surface area (Å²) >= 11 is 0. The fourth-order valence-electron chi connectivity index (χ4n) is 3.70. The molecule has 0 atom stereocenters. The van der Waals surface area contributed by atoms with E-state index in [1.165, 1.54) is 0 Å². The summed E-state index contributed by atoms with van der Waals surface area (Å²) in [5, 5.41) is 21.0. The Morgan fingerprint density at radius 1 is 1.17 bits per heavy atom. The maximum absolute atomic E-state index is 12.4. The summed E-state index contributed by atoms with van der Waals surface area (Å²) in [4.78, 5) is 14.3. The normalized spacial score (nSPS) is 16.5. The van der Waals surface area contributed by atoms with Crippen molar-refractivity contribution in [2.75, 3.05) is 4.90 Å². The molecule has 0 radical (unpaired) electrons. The van der Waals surface area contributed by atoms with Crippen molar-refractivity contribution >= 4 is 11.6 Å². The maximum atomic E-state index is 12.4. The number of benzene rings is 2. The Kier molecular flexibility index (Phi) is 3.48. The molecule has 1 fully saturated rings. The minimum atomic E-state index is 0.0733. The summed E-state index contributed by atoms with van der Waals surface area (Å²) in [6.45, 7) is 2.06. The first-order chi connectivity index (χ1) is 11.6. The van der Waals surface area contributed by atoms with E-state index in [2.05, 4.69) is 6.92 Å². The van der Waals surface area contributed by atoms with Crippen LogP contribution in [-0.2, 0) is 17.6 Å². The first kappa shape index (κ1) is 15.1. The molecular weight excluding hydrogens is 302 g/mol. The van der Waals surface area contributed by atoms with Crippen LogP contribution in [0, 0.1) is 0 Å². The van der Waals surface area contributed by atoms with Crippen molar-refractivity contribution in [1.82, 2.24) is 0 Å². The number of anilines is 1. The largest absolute Gasteiger partial charge is 0.507 e. The lowest BCUT2D eigenvalue weighted by Gasteiger charge is -2.18. The van der Waals surface area contributed by atoms with Crippen molar-refractivity contribution < 1.29 is 15.0 Å². The van der Waals surface area contributed by atoms with E-state index in [0.29, 0.717) is 18.0 Å². The highest BCUT2D eigenvalue weighted by Gasteiger charge is 2.39. The molecule has 1 aliphatic carbocycles. The van der Waals surface area contributed by atoms with Crippen LogP contribution in [0.3, 0.4) is 0 Å². The minimum absolute atomic E-state index is 0.0733. The number of rotatable bonds is 4. The number of nitrogens with zero attached hydrogens (tertiary/aromatic N) is 1. The van der Waals surface area contributed by atoms with Crippen LogP contribution in [0.5, 0.6) is 11.5 Å². The van der Waals surface area contributed by atoms with Gasteiger partial charge in [-0.25, -0.2) is 0 Å². The van der Waals surface area contributed by atoms with E-state index in [-0.39, 0.29) is 17.4 Å². The van der Waals surface area contributed by atoms with Gasteiger partial charge in [0.15, 0.2) is 0 Å². The molecule has 1 saturated carbocycles. The number of phenolic OH excluding ortho intramolecular Hbond substituents is 2. The van der Waals surface area contributed by atoms with Crippen LogP contribution in [0.2, 0.25) is 0 Å². The Morgan fingerprint density at radius 3 is 2.50 bits per heavy atom. The lowest BCUT2D eigenvalue weighted by molar-refractivity contribution is -0.117. The third-order valence-electron chi connectivity index (χ3n) is 4.88. The van der Waals surface area contributed by atoms with Crippen LogP contribution >= 0.6 is 0 Å². The lowest BCUT2D eigenvalue weighted by atomic mass is 9.94. The molecule has 4 rings (SSSR count). The van der Waals surface area contributed by atoms with Gasteiger partial charge in [0.25, 0.3) is 0 Å². The SMILES string of the molecule is CCCc1cc(O)c(-c2cccc3c2CC(=O)N3C2CC2)c(O)c1. The van der Waals surface area contributed by atoms with E-state index in [4.69, 9.17) is 0 Å².